The monoisotopic (exact) mass is 344 g/mol. The van der Waals surface area contributed by atoms with E-state index in [2.05, 4.69) is 37.2 Å². The maximum Gasteiger partial charge on any atom is 0.122 e. The van der Waals surface area contributed by atoms with Crippen LogP contribution >= 0.6 is 37.2 Å². The molecule has 0 rings (SSSR count). The second-order valence-electron chi connectivity index (χ2n) is 0.679. The van der Waals surface area contributed by atoms with Crippen LogP contribution in [0.4, 0.5) is 0 Å². The molecule has 0 aromatic heterocycles. The molecule has 0 unspecified atom stereocenters. The van der Waals surface area contributed by atoms with Crippen LogP contribution in [0.15, 0.2) is 0 Å². The van der Waals surface area contributed by atoms with Crippen molar-refractivity contribution in [3.05, 3.63) is 0 Å². The normalized spacial score (nSPS) is 5.38. The van der Waals surface area contributed by atoms with Gasteiger partial charge in [0.1, 0.15) is 6.29 Å². The van der Waals surface area contributed by atoms with Crippen LogP contribution in [-0.2, 0) is 4.79 Å². The molecule has 0 spiro atoms. The van der Waals surface area contributed by atoms with Crippen molar-refractivity contribution in [1.82, 2.24) is 0 Å². The molecule has 8 heavy (non-hydrogen) atoms. The molecule has 52 valence electrons. The Bertz CT molecular complexity index is 33.2. The standard InChI is InChI=1S/C3H6O2.CH4.I2/c4-2-1-3-5;;1-2/h2,5H,1,3H2;1H4;. The molecule has 0 aromatic carbocycles. The van der Waals surface area contributed by atoms with E-state index in [0.717, 1.165) is 0 Å². The van der Waals surface area contributed by atoms with E-state index in [1.165, 1.54) is 0 Å². The number of aliphatic hydroxyl groups excluding tert-OH is 1. The largest absolute Gasteiger partial charge is 0.396 e. The molecule has 0 heterocycles. The quantitative estimate of drug-likeness (QED) is 0.615. The predicted molar refractivity (Wildman–Crippen MR) is 52.5 cm³/mol. The summed E-state index contributed by atoms with van der Waals surface area (Å²) in [5, 5.41) is 7.84. The van der Waals surface area contributed by atoms with Crippen LogP contribution in [0.5, 0.6) is 0 Å². The molecule has 0 fully saturated rings. The lowest BCUT2D eigenvalue weighted by Gasteiger charge is -1.69. The fourth-order valence-corrected chi connectivity index (χ4v) is 0.0527. The Kier molecular flexibility index (Phi) is 48.7. The number of hydrogen-bond donors (Lipinski definition) is 1. The maximum absolute atomic E-state index is 9.24. The Morgan fingerprint density at radius 3 is 1.88 bits per heavy atom. The van der Waals surface area contributed by atoms with E-state index in [1.54, 1.807) is 0 Å². The van der Waals surface area contributed by atoms with Gasteiger partial charge in [-0.05, 0) is 0 Å². The van der Waals surface area contributed by atoms with Crippen molar-refractivity contribution in [2.75, 3.05) is 6.61 Å². The Balaban J connectivity index is -0.0000000750. The lowest BCUT2D eigenvalue weighted by Crippen LogP contribution is -1.78. The molecule has 0 saturated carbocycles. The first-order chi connectivity index (χ1) is 3.41. The SMILES string of the molecule is C.II.O=CCCO. The number of hydrogen-bond acceptors (Lipinski definition) is 2. The van der Waals surface area contributed by atoms with Crippen LogP contribution in [0.25, 0.3) is 0 Å². The first-order valence-electron chi connectivity index (χ1n) is 1.60. The van der Waals surface area contributed by atoms with Gasteiger partial charge in [0.2, 0.25) is 0 Å². The highest BCUT2D eigenvalue weighted by Crippen LogP contribution is 1.89. The fourth-order valence-electron chi connectivity index (χ4n) is 0.0527. The van der Waals surface area contributed by atoms with E-state index in [1.807, 2.05) is 0 Å². The highest BCUT2D eigenvalue weighted by Gasteiger charge is 1.67. The van der Waals surface area contributed by atoms with Crippen LogP contribution in [0, 0.1) is 0 Å². The van der Waals surface area contributed by atoms with Gasteiger partial charge in [-0.15, -0.1) is 0 Å². The third kappa shape index (κ3) is 27.5. The van der Waals surface area contributed by atoms with Crippen molar-refractivity contribution in [2.45, 2.75) is 13.8 Å². The second kappa shape index (κ2) is 24.3. The summed E-state index contributed by atoms with van der Waals surface area (Å²) in [6.45, 7) is -0.0243. The molecule has 0 aliphatic rings. The van der Waals surface area contributed by atoms with Crippen LogP contribution in [0.1, 0.15) is 13.8 Å². The summed E-state index contributed by atoms with van der Waals surface area (Å²) in [7, 11) is 0. The summed E-state index contributed by atoms with van der Waals surface area (Å²) in [6, 6.07) is 0. The van der Waals surface area contributed by atoms with Gasteiger partial charge in [0, 0.05) is 50.3 Å². The van der Waals surface area contributed by atoms with E-state index >= 15 is 0 Å². The average Bonchev–Trinajstić information content (AvgIpc) is 1.75. The van der Waals surface area contributed by atoms with Crippen molar-refractivity contribution >= 4 is 43.5 Å². The summed E-state index contributed by atoms with van der Waals surface area (Å²) in [5.41, 5.74) is 0. The zero-order valence-corrected chi connectivity index (χ0v) is 7.92. The smallest absolute Gasteiger partial charge is 0.122 e. The number of aliphatic hydroxyl groups is 1. The van der Waals surface area contributed by atoms with Gasteiger partial charge in [0.05, 0.1) is 0 Å². The minimum Gasteiger partial charge on any atom is -0.396 e. The number of carbonyl (C=O) groups is 1. The molecular formula is C4H10I2O2. The van der Waals surface area contributed by atoms with Gasteiger partial charge < -0.3 is 9.90 Å². The van der Waals surface area contributed by atoms with Crippen molar-refractivity contribution in [3.63, 3.8) is 0 Å². The fraction of sp³-hybridized carbons (Fsp3) is 0.750. The average molecular weight is 344 g/mol. The first-order valence-corrected chi connectivity index (χ1v) is 7.89. The molecule has 2 nitrogen and oxygen atoms in total. The van der Waals surface area contributed by atoms with Crippen LogP contribution < -0.4 is 0 Å². The van der Waals surface area contributed by atoms with Gasteiger partial charge in [-0.3, -0.25) is 0 Å². The molecule has 0 amide bonds. The Labute approximate surface area is 73.4 Å². The Morgan fingerprint density at radius 1 is 1.50 bits per heavy atom. The zero-order valence-electron chi connectivity index (χ0n) is 3.60. The molecule has 0 aliphatic carbocycles. The minimum absolute atomic E-state index is 0. The number of carbonyl (C=O) groups excluding carboxylic acids is 1. The molecule has 0 radical (unpaired) electrons. The lowest BCUT2D eigenvalue weighted by molar-refractivity contribution is -0.108. The van der Waals surface area contributed by atoms with Crippen molar-refractivity contribution in [3.8, 4) is 0 Å². The lowest BCUT2D eigenvalue weighted by atomic mass is 10.5. The summed E-state index contributed by atoms with van der Waals surface area (Å²) < 4.78 is 0. The molecule has 0 aromatic rings. The van der Waals surface area contributed by atoms with Crippen LogP contribution in [-0.4, -0.2) is 18.0 Å². The number of aldehydes is 1. The van der Waals surface area contributed by atoms with Gasteiger partial charge in [-0.25, -0.2) is 0 Å². The van der Waals surface area contributed by atoms with Gasteiger partial charge in [0.25, 0.3) is 0 Å². The second-order valence-corrected chi connectivity index (χ2v) is 0.679. The predicted octanol–water partition coefficient (Wildman–Crippen LogP) is 1.98. The highest BCUT2D eigenvalue weighted by molar-refractivity contribution is 15.0. The van der Waals surface area contributed by atoms with Gasteiger partial charge in [0.15, 0.2) is 0 Å². The van der Waals surface area contributed by atoms with E-state index < -0.39 is 0 Å². The van der Waals surface area contributed by atoms with E-state index in [-0.39, 0.29) is 20.5 Å². The first kappa shape index (κ1) is 16.0. The van der Waals surface area contributed by atoms with Crippen molar-refractivity contribution in [1.29, 1.82) is 0 Å². The van der Waals surface area contributed by atoms with Crippen molar-refractivity contribution in [2.24, 2.45) is 0 Å². The van der Waals surface area contributed by atoms with Crippen LogP contribution in [0.2, 0.25) is 0 Å². The molecule has 4 heteroatoms. The molecule has 0 atom stereocenters. The van der Waals surface area contributed by atoms with Crippen LogP contribution in [0.3, 0.4) is 0 Å². The van der Waals surface area contributed by atoms with Gasteiger partial charge in [-0.2, -0.15) is 0 Å². The van der Waals surface area contributed by atoms with E-state index in [0.29, 0.717) is 6.29 Å². The zero-order chi connectivity index (χ0) is 6.12. The third-order valence-corrected chi connectivity index (χ3v) is 0.247. The third-order valence-electron chi connectivity index (χ3n) is 0.247. The van der Waals surface area contributed by atoms with Gasteiger partial charge in [-0.1, -0.05) is 7.43 Å². The summed E-state index contributed by atoms with van der Waals surface area (Å²) in [4.78, 5) is 9.24. The summed E-state index contributed by atoms with van der Waals surface area (Å²) >= 11 is 4.24. The Hall–Kier alpha value is 1.09. The highest BCUT2D eigenvalue weighted by atomic mass is 128. The van der Waals surface area contributed by atoms with E-state index in [9.17, 15) is 4.79 Å². The van der Waals surface area contributed by atoms with Crippen molar-refractivity contribution < 1.29 is 9.90 Å². The number of halogens is 2. The van der Waals surface area contributed by atoms with E-state index in [4.69, 9.17) is 5.11 Å². The molecule has 0 saturated heterocycles. The maximum atomic E-state index is 9.24. The Morgan fingerprint density at radius 2 is 1.88 bits per heavy atom. The molecule has 0 bridgehead atoms. The summed E-state index contributed by atoms with van der Waals surface area (Å²) in [6.07, 6.45) is 0.944. The topological polar surface area (TPSA) is 37.3 Å². The minimum atomic E-state index is -0.0243. The molecule has 0 aliphatic heterocycles. The molecular weight excluding hydrogens is 334 g/mol. The number of rotatable bonds is 2. The molecule has 1 N–H and O–H groups in total. The van der Waals surface area contributed by atoms with Gasteiger partial charge >= 0.3 is 0 Å². The summed E-state index contributed by atoms with van der Waals surface area (Å²) in [5.74, 6) is 0.